The van der Waals surface area contributed by atoms with Gasteiger partial charge in [0.2, 0.25) is 0 Å². The number of aromatic amines is 1. The number of rotatable bonds is 2. The van der Waals surface area contributed by atoms with Crippen LogP contribution in [0.2, 0.25) is 0 Å². The Balaban J connectivity index is 2.36. The van der Waals surface area contributed by atoms with E-state index in [0.29, 0.717) is 16.7 Å². The number of aromatic nitrogens is 3. The fourth-order valence-electron chi connectivity index (χ4n) is 2.39. The van der Waals surface area contributed by atoms with Crippen LogP contribution in [0, 0.1) is 11.6 Å². The zero-order valence-corrected chi connectivity index (χ0v) is 13.0. The van der Waals surface area contributed by atoms with Crippen molar-refractivity contribution in [3.63, 3.8) is 0 Å². The average Bonchev–Trinajstić information content (AvgIpc) is 2.90. The molecule has 0 saturated carbocycles. The summed E-state index contributed by atoms with van der Waals surface area (Å²) in [5.74, 6) is -1.62. The highest BCUT2D eigenvalue weighted by Crippen LogP contribution is 2.22. The second kappa shape index (κ2) is 6.19. The maximum Gasteiger partial charge on any atom is 0.282 e. The normalized spacial score (nSPS) is 13.1. The molecule has 0 atom stereocenters. The van der Waals surface area contributed by atoms with E-state index in [1.807, 2.05) is 0 Å². The molecule has 0 bridgehead atoms. The predicted octanol–water partition coefficient (Wildman–Crippen LogP) is 3.51. The van der Waals surface area contributed by atoms with E-state index in [4.69, 9.17) is 0 Å². The summed E-state index contributed by atoms with van der Waals surface area (Å²) in [6, 6.07) is 2.03. The summed E-state index contributed by atoms with van der Waals surface area (Å²) < 4.78 is 28.2. The third kappa shape index (κ3) is 2.54. The van der Waals surface area contributed by atoms with Crippen molar-refractivity contribution in [3.05, 3.63) is 64.7 Å². The lowest BCUT2D eigenvalue weighted by atomic mass is 10.1. The molecule has 122 valence electrons. The number of benzene rings is 1. The topological polar surface area (TPSA) is 63.0 Å². The molecule has 0 radical (unpaired) electrons. The van der Waals surface area contributed by atoms with Crippen LogP contribution in [0.15, 0.2) is 52.5 Å². The molecule has 2 aromatic heterocycles. The maximum absolute atomic E-state index is 13.6. The van der Waals surface area contributed by atoms with Crippen LogP contribution in [0.1, 0.15) is 13.8 Å². The summed E-state index contributed by atoms with van der Waals surface area (Å²) in [6.07, 6.45) is 8.02. The molecule has 0 aliphatic carbocycles. The molecule has 3 rings (SSSR count). The van der Waals surface area contributed by atoms with E-state index in [1.54, 1.807) is 38.3 Å². The molecule has 0 fully saturated rings. The highest BCUT2D eigenvalue weighted by Gasteiger charge is 2.15. The zero-order valence-electron chi connectivity index (χ0n) is 13.0. The van der Waals surface area contributed by atoms with E-state index in [0.717, 1.165) is 12.1 Å². The van der Waals surface area contributed by atoms with Gasteiger partial charge in [0.1, 0.15) is 0 Å². The van der Waals surface area contributed by atoms with Crippen LogP contribution >= 0.6 is 0 Å². The first-order chi connectivity index (χ1) is 11.6. The van der Waals surface area contributed by atoms with Crippen LogP contribution in [-0.2, 0) is 0 Å². The van der Waals surface area contributed by atoms with Gasteiger partial charge in [0.25, 0.3) is 5.56 Å². The van der Waals surface area contributed by atoms with Gasteiger partial charge >= 0.3 is 0 Å². The molecule has 5 nitrogen and oxygen atoms in total. The summed E-state index contributed by atoms with van der Waals surface area (Å²) in [6.45, 7) is 3.60. The fraction of sp³-hybridized carbons (Fsp3) is 0.118. The van der Waals surface area contributed by atoms with Gasteiger partial charge in [-0.1, -0.05) is 12.2 Å². The number of hydrogen-bond donors (Lipinski definition) is 1. The van der Waals surface area contributed by atoms with Gasteiger partial charge < -0.3 is 0 Å². The van der Waals surface area contributed by atoms with E-state index in [9.17, 15) is 13.6 Å². The number of pyridine rings is 1. The molecule has 24 heavy (non-hydrogen) atoms. The minimum atomic E-state index is -0.998. The number of allylic oxidation sites excluding steroid dienone is 3. The van der Waals surface area contributed by atoms with E-state index in [-0.39, 0.29) is 16.5 Å². The monoisotopic (exact) mass is 328 g/mol. The summed E-state index contributed by atoms with van der Waals surface area (Å²) in [4.78, 5) is 20.8. The van der Waals surface area contributed by atoms with Gasteiger partial charge in [0.15, 0.2) is 17.5 Å². The van der Waals surface area contributed by atoms with Crippen LogP contribution in [0.3, 0.4) is 0 Å². The van der Waals surface area contributed by atoms with Gasteiger partial charge in [-0.25, -0.2) is 18.5 Å². The molecule has 1 N–H and O–H groups in total. The predicted molar refractivity (Wildman–Crippen MR) is 90.2 cm³/mol. The number of halogens is 2. The van der Waals surface area contributed by atoms with E-state index in [2.05, 4.69) is 15.1 Å². The molecule has 0 unspecified atom stereocenters. The van der Waals surface area contributed by atoms with E-state index >= 15 is 0 Å². The van der Waals surface area contributed by atoms with Crippen LogP contribution in [0.4, 0.5) is 8.78 Å². The van der Waals surface area contributed by atoms with Crippen molar-refractivity contribution in [2.75, 3.05) is 0 Å². The first kappa shape index (κ1) is 15.8. The summed E-state index contributed by atoms with van der Waals surface area (Å²) in [7, 11) is 0. The summed E-state index contributed by atoms with van der Waals surface area (Å²) in [5, 5.41) is 3.50. The van der Waals surface area contributed by atoms with Gasteiger partial charge in [0.05, 0.1) is 16.4 Å². The highest BCUT2D eigenvalue weighted by molar-refractivity contribution is 6.04. The van der Waals surface area contributed by atoms with Crippen LogP contribution < -0.4 is 5.56 Å². The zero-order chi connectivity index (χ0) is 17.3. The Morgan fingerprint density at radius 3 is 2.67 bits per heavy atom. The van der Waals surface area contributed by atoms with Gasteiger partial charge in [-0.15, -0.1) is 0 Å². The largest absolute Gasteiger partial charge is 0.288 e. The Hall–Kier alpha value is -3.09. The standard InChI is InChI=1S/C17H14F2N4O/c1-3-5-15(20-6-4-2)23-17(24)11-9-21-14-8-13(19)12(18)7-10(14)16(11)22-23/h3-9,22H,1-2H3/b5-3-,6-4-,20-15+. The Morgan fingerprint density at radius 2 is 1.96 bits per heavy atom. The summed E-state index contributed by atoms with van der Waals surface area (Å²) in [5.41, 5.74) is 0.264. The van der Waals surface area contributed by atoms with Crippen molar-refractivity contribution in [2.45, 2.75) is 13.8 Å². The van der Waals surface area contributed by atoms with E-state index < -0.39 is 11.6 Å². The molecule has 0 amide bonds. The lowest BCUT2D eigenvalue weighted by Crippen LogP contribution is -2.23. The lowest BCUT2D eigenvalue weighted by molar-refractivity contribution is 0.511. The molecule has 0 saturated heterocycles. The van der Waals surface area contributed by atoms with Crippen molar-refractivity contribution >= 4 is 27.6 Å². The highest BCUT2D eigenvalue weighted by atomic mass is 19.2. The fourth-order valence-corrected chi connectivity index (χ4v) is 2.39. The van der Waals surface area contributed by atoms with Gasteiger partial charge in [0, 0.05) is 23.8 Å². The van der Waals surface area contributed by atoms with Crippen molar-refractivity contribution in [1.29, 1.82) is 0 Å². The second-order valence-electron chi connectivity index (χ2n) is 5.05. The minimum absolute atomic E-state index is 0.257. The van der Waals surface area contributed by atoms with Gasteiger partial charge in [-0.3, -0.25) is 14.9 Å². The number of fused-ring (bicyclic) bond motifs is 3. The first-order valence-electron chi connectivity index (χ1n) is 7.27. The Morgan fingerprint density at radius 1 is 1.21 bits per heavy atom. The first-order valence-corrected chi connectivity index (χ1v) is 7.27. The van der Waals surface area contributed by atoms with Crippen molar-refractivity contribution in [3.8, 4) is 0 Å². The van der Waals surface area contributed by atoms with Crippen molar-refractivity contribution in [2.24, 2.45) is 4.99 Å². The molecular formula is C17H14F2N4O. The smallest absolute Gasteiger partial charge is 0.282 e. The molecular weight excluding hydrogens is 314 g/mol. The third-order valence-electron chi connectivity index (χ3n) is 3.47. The molecule has 1 aromatic carbocycles. The minimum Gasteiger partial charge on any atom is -0.288 e. The number of aliphatic imine (C=N–C) groups is 1. The van der Waals surface area contributed by atoms with Crippen LogP contribution in [0.5, 0.6) is 0 Å². The molecule has 0 aliphatic rings. The van der Waals surface area contributed by atoms with Crippen LogP contribution in [0.25, 0.3) is 21.8 Å². The third-order valence-corrected chi connectivity index (χ3v) is 3.47. The van der Waals surface area contributed by atoms with Crippen LogP contribution in [-0.4, -0.2) is 20.6 Å². The molecule has 2 heterocycles. The van der Waals surface area contributed by atoms with Gasteiger partial charge in [-0.2, -0.15) is 0 Å². The average molecular weight is 328 g/mol. The molecule has 0 spiro atoms. The number of H-pyrrole nitrogens is 1. The number of hydrogen-bond acceptors (Lipinski definition) is 3. The van der Waals surface area contributed by atoms with E-state index in [1.165, 1.54) is 10.9 Å². The Kier molecular flexibility index (Phi) is 4.07. The maximum atomic E-state index is 13.6. The quantitative estimate of drug-likeness (QED) is 0.578. The summed E-state index contributed by atoms with van der Waals surface area (Å²) >= 11 is 0. The Labute approximate surface area is 135 Å². The molecule has 7 heteroatoms. The SMILES string of the molecule is C\C=C/N=C(\C=C/C)n1[nH]c2c(cnc3cc(F)c(F)cc32)c1=O. The number of nitrogens with zero attached hydrogens (tertiary/aromatic N) is 3. The van der Waals surface area contributed by atoms with Gasteiger partial charge in [-0.05, 0) is 26.0 Å². The molecule has 3 aromatic rings. The van der Waals surface area contributed by atoms with Crippen molar-refractivity contribution in [1.82, 2.24) is 14.8 Å². The number of nitrogens with one attached hydrogen (secondary N) is 1. The van der Waals surface area contributed by atoms with Crippen molar-refractivity contribution < 1.29 is 8.78 Å². The lowest BCUT2D eigenvalue weighted by Gasteiger charge is -2.01. The Bertz CT molecular complexity index is 1070. The second-order valence-corrected chi connectivity index (χ2v) is 5.05. The molecule has 0 aliphatic heterocycles.